The Bertz CT molecular complexity index is 773. The van der Waals surface area contributed by atoms with E-state index in [9.17, 15) is 0 Å². The Hall–Kier alpha value is -2.18. The van der Waals surface area contributed by atoms with Crippen LogP contribution in [0.25, 0.3) is 0 Å². The lowest BCUT2D eigenvalue weighted by molar-refractivity contribution is 0.114. The fraction of sp³-hybridized carbons (Fsp3) is 0.524. The summed E-state index contributed by atoms with van der Waals surface area (Å²) < 4.78 is 5.95. The summed E-state index contributed by atoms with van der Waals surface area (Å²) >= 11 is 0. The number of fused-ring (bicyclic) bond motifs is 2. The number of hydrogen-bond acceptors (Lipinski definition) is 6. The molecule has 6 heteroatoms. The predicted octanol–water partition coefficient (Wildman–Crippen LogP) is 2.40. The van der Waals surface area contributed by atoms with Crippen molar-refractivity contribution < 1.29 is 4.74 Å². The molecule has 1 aromatic heterocycles. The van der Waals surface area contributed by atoms with Gasteiger partial charge in [0.2, 0.25) is 0 Å². The second-order valence-corrected chi connectivity index (χ2v) is 7.50. The molecule has 3 heterocycles. The highest BCUT2D eigenvalue weighted by Gasteiger charge is 2.23. The fourth-order valence-electron chi connectivity index (χ4n) is 3.97. The van der Waals surface area contributed by atoms with Crippen molar-refractivity contribution in [3.05, 3.63) is 47.4 Å². The van der Waals surface area contributed by atoms with Crippen LogP contribution in [0.5, 0.6) is 5.75 Å². The molecule has 144 valence electrons. The Labute approximate surface area is 161 Å². The Balaban J connectivity index is 1.49. The molecule has 0 spiro atoms. The summed E-state index contributed by atoms with van der Waals surface area (Å²) in [5.74, 6) is 1.90. The maximum absolute atomic E-state index is 5.95. The maximum atomic E-state index is 5.95. The van der Waals surface area contributed by atoms with Crippen molar-refractivity contribution in [2.75, 3.05) is 45.1 Å². The molecule has 0 saturated carbocycles. The van der Waals surface area contributed by atoms with Crippen LogP contribution in [0.1, 0.15) is 30.2 Å². The van der Waals surface area contributed by atoms with Crippen molar-refractivity contribution in [1.82, 2.24) is 19.8 Å². The minimum Gasteiger partial charge on any atom is -0.487 e. The number of likely N-dealkylation sites (N-methyl/N-ethyl adjacent to an activating group) is 1. The molecule has 0 amide bonds. The highest BCUT2D eigenvalue weighted by Crippen LogP contribution is 2.30. The lowest BCUT2D eigenvalue weighted by atomic mass is 10.0. The molecule has 0 unspecified atom stereocenters. The standard InChI is InChI=1S/C21H29N5O/c1-3-17(26-10-8-25(2)9-11-26)13-22-21-18-12-16-6-4-5-7-20(16)27-14-19(18)23-15-24-21/h4-7,15,17H,3,8-14H2,1-2H3,(H,22,23,24)/t17-/m0/s1. The summed E-state index contributed by atoms with van der Waals surface area (Å²) in [5.41, 5.74) is 3.34. The number of ether oxygens (including phenoxy) is 1. The summed E-state index contributed by atoms with van der Waals surface area (Å²) in [4.78, 5) is 14.0. The molecule has 4 rings (SSSR count). The van der Waals surface area contributed by atoms with Crippen LogP contribution in [-0.2, 0) is 13.0 Å². The van der Waals surface area contributed by atoms with Gasteiger partial charge in [0.1, 0.15) is 24.5 Å². The molecule has 1 fully saturated rings. The number of para-hydroxylation sites is 1. The largest absolute Gasteiger partial charge is 0.487 e. The van der Waals surface area contributed by atoms with Crippen molar-refractivity contribution in [1.29, 1.82) is 0 Å². The quantitative estimate of drug-likeness (QED) is 0.876. The van der Waals surface area contributed by atoms with Crippen LogP contribution in [-0.4, -0.2) is 65.6 Å². The molecule has 2 aliphatic heterocycles. The van der Waals surface area contributed by atoms with Gasteiger partial charge in [-0.15, -0.1) is 0 Å². The first kappa shape index (κ1) is 18.2. The van der Waals surface area contributed by atoms with Crippen molar-refractivity contribution in [3.8, 4) is 5.75 Å². The molecule has 0 bridgehead atoms. The van der Waals surface area contributed by atoms with Gasteiger partial charge >= 0.3 is 0 Å². The first-order valence-corrected chi connectivity index (χ1v) is 9.94. The molecular weight excluding hydrogens is 338 g/mol. The molecule has 1 aromatic carbocycles. The topological polar surface area (TPSA) is 53.5 Å². The van der Waals surface area contributed by atoms with Crippen LogP contribution in [0.4, 0.5) is 5.82 Å². The van der Waals surface area contributed by atoms with E-state index in [0.29, 0.717) is 12.6 Å². The Kier molecular flexibility index (Phi) is 5.55. The molecule has 2 aliphatic rings. The molecule has 0 radical (unpaired) electrons. The van der Waals surface area contributed by atoms with E-state index in [1.165, 1.54) is 5.56 Å². The van der Waals surface area contributed by atoms with Crippen LogP contribution in [0.15, 0.2) is 30.6 Å². The highest BCUT2D eigenvalue weighted by atomic mass is 16.5. The van der Waals surface area contributed by atoms with Gasteiger partial charge in [-0.1, -0.05) is 25.1 Å². The first-order valence-electron chi connectivity index (χ1n) is 9.94. The minimum absolute atomic E-state index is 0.499. The van der Waals surface area contributed by atoms with Crippen LogP contribution in [0.2, 0.25) is 0 Å². The van der Waals surface area contributed by atoms with Crippen molar-refractivity contribution >= 4 is 5.82 Å². The third kappa shape index (κ3) is 4.06. The number of nitrogens with one attached hydrogen (secondary N) is 1. The zero-order valence-corrected chi connectivity index (χ0v) is 16.3. The second kappa shape index (κ2) is 8.23. The van der Waals surface area contributed by atoms with Crippen LogP contribution in [0.3, 0.4) is 0 Å². The second-order valence-electron chi connectivity index (χ2n) is 7.50. The molecule has 1 N–H and O–H groups in total. The van der Waals surface area contributed by atoms with E-state index in [0.717, 1.165) is 68.4 Å². The Morgan fingerprint density at radius 1 is 1.15 bits per heavy atom. The molecule has 6 nitrogen and oxygen atoms in total. The van der Waals surface area contributed by atoms with Gasteiger partial charge in [0.15, 0.2) is 0 Å². The van der Waals surface area contributed by atoms with Gasteiger partial charge in [-0.05, 0) is 25.1 Å². The summed E-state index contributed by atoms with van der Waals surface area (Å²) in [7, 11) is 2.20. The van der Waals surface area contributed by atoms with E-state index in [2.05, 4.69) is 51.2 Å². The third-order valence-corrected chi connectivity index (χ3v) is 5.77. The van der Waals surface area contributed by atoms with Gasteiger partial charge in [-0.3, -0.25) is 4.90 Å². The fourth-order valence-corrected chi connectivity index (χ4v) is 3.97. The average Bonchev–Trinajstić information content (AvgIpc) is 2.89. The van der Waals surface area contributed by atoms with Gasteiger partial charge in [-0.2, -0.15) is 0 Å². The SMILES string of the molecule is CC[C@@H](CNc1ncnc2c1Cc1ccccc1OC2)N1CCN(C)CC1. The molecule has 0 aliphatic carbocycles. The van der Waals surface area contributed by atoms with Crippen molar-refractivity contribution in [2.24, 2.45) is 0 Å². The van der Waals surface area contributed by atoms with Crippen molar-refractivity contribution in [2.45, 2.75) is 32.4 Å². The number of piperazine rings is 1. The predicted molar refractivity (Wildman–Crippen MR) is 107 cm³/mol. The Morgan fingerprint density at radius 3 is 2.78 bits per heavy atom. The first-order chi connectivity index (χ1) is 13.2. The lowest BCUT2D eigenvalue weighted by Crippen LogP contribution is -2.50. The van der Waals surface area contributed by atoms with Gasteiger partial charge in [0, 0.05) is 50.7 Å². The number of nitrogens with zero attached hydrogens (tertiary/aromatic N) is 4. The van der Waals surface area contributed by atoms with E-state index in [4.69, 9.17) is 4.74 Å². The Morgan fingerprint density at radius 2 is 1.96 bits per heavy atom. The number of anilines is 1. The van der Waals surface area contributed by atoms with E-state index in [1.54, 1.807) is 6.33 Å². The van der Waals surface area contributed by atoms with Crippen LogP contribution in [0, 0.1) is 0 Å². The van der Waals surface area contributed by atoms with E-state index in [-0.39, 0.29) is 0 Å². The number of hydrogen-bond donors (Lipinski definition) is 1. The molecule has 27 heavy (non-hydrogen) atoms. The molecular formula is C21H29N5O. The lowest BCUT2D eigenvalue weighted by Gasteiger charge is -2.37. The van der Waals surface area contributed by atoms with Gasteiger partial charge in [0.25, 0.3) is 0 Å². The average molecular weight is 367 g/mol. The van der Waals surface area contributed by atoms with Crippen molar-refractivity contribution in [3.63, 3.8) is 0 Å². The number of benzene rings is 1. The summed E-state index contributed by atoms with van der Waals surface area (Å²) in [6.45, 7) is 8.25. The highest BCUT2D eigenvalue weighted by molar-refractivity contribution is 5.51. The van der Waals surface area contributed by atoms with E-state index in [1.807, 2.05) is 12.1 Å². The normalized spacial score (nSPS) is 18.7. The molecule has 1 saturated heterocycles. The summed E-state index contributed by atoms with van der Waals surface area (Å²) in [5, 5.41) is 3.63. The zero-order chi connectivity index (χ0) is 18.6. The van der Waals surface area contributed by atoms with E-state index >= 15 is 0 Å². The molecule has 1 atom stereocenters. The summed E-state index contributed by atoms with van der Waals surface area (Å²) in [6.07, 6.45) is 3.59. The smallest absolute Gasteiger partial charge is 0.133 e. The zero-order valence-electron chi connectivity index (χ0n) is 16.3. The molecule has 2 aromatic rings. The van der Waals surface area contributed by atoms with Crippen LogP contribution < -0.4 is 10.1 Å². The van der Waals surface area contributed by atoms with Gasteiger partial charge in [0.05, 0.1) is 5.69 Å². The van der Waals surface area contributed by atoms with Crippen LogP contribution >= 0.6 is 0 Å². The van der Waals surface area contributed by atoms with Gasteiger partial charge < -0.3 is 15.0 Å². The monoisotopic (exact) mass is 367 g/mol. The summed E-state index contributed by atoms with van der Waals surface area (Å²) in [6, 6.07) is 8.76. The minimum atomic E-state index is 0.499. The van der Waals surface area contributed by atoms with E-state index < -0.39 is 0 Å². The number of rotatable bonds is 5. The third-order valence-electron chi connectivity index (χ3n) is 5.77. The number of aromatic nitrogens is 2. The van der Waals surface area contributed by atoms with Gasteiger partial charge in [-0.25, -0.2) is 9.97 Å². The maximum Gasteiger partial charge on any atom is 0.133 e.